The molecular formula is C21H22N2O5. The number of hydrogen-bond acceptors (Lipinski definition) is 6. The summed E-state index contributed by atoms with van der Waals surface area (Å²) in [5.74, 6) is 1.20. The van der Waals surface area contributed by atoms with Crippen LogP contribution in [0.25, 0.3) is 22.2 Å². The first-order valence-corrected chi connectivity index (χ1v) is 8.70. The number of non-ortho nitro benzene ring substituents is 1. The Hall–Kier alpha value is -3.19. The van der Waals surface area contributed by atoms with Crippen LogP contribution in [0.2, 0.25) is 0 Å². The average Bonchev–Trinajstić information content (AvgIpc) is 2.67. The number of nitro groups is 1. The maximum atomic E-state index is 11.4. The lowest BCUT2D eigenvalue weighted by Crippen LogP contribution is -2.01. The van der Waals surface area contributed by atoms with Gasteiger partial charge < -0.3 is 14.2 Å². The number of nitrogens with zero attached hydrogens (tertiary/aromatic N) is 2. The van der Waals surface area contributed by atoms with E-state index in [1.807, 2.05) is 26.0 Å². The first-order chi connectivity index (χ1) is 13.4. The number of benzene rings is 2. The van der Waals surface area contributed by atoms with E-state index in [1.165, 1.54) is 6.07 Å². The van der Waals surface area contributed by atoms with Crippen LogP contribution in [0.4, 0.5) is 5.69 Å². The largest absolute Gasteiger partial charge is 0.496 e. The zero-order chi connectivity index (χ0) is 20.4. The Kier molecular flexibility index (Phi) is 5.46. The summed E-state index contributed by atoms with van der Waals surface area (Å²) < 4.78 is 16.4. The van der Waals surface area contributed by atoms with Gasteiger partial charge in [-0.05, 0) is 48.7 Å². The van der Waals surface area contributed by atoms with Crippen LogP contribution in [0.3, 0.4) is 0 Å². The predicted molar refractivity (Wildman–Crippen MR) is 107 cm³/mol. The highest BCUT2D eigenvalue weighted by molar-refractivity contribution is 5.94. The van der Waals surface area contributed by atoms with Gasteiger partial charge in [0.1, 0.15) is 11.5 Å². The molecule has 0 atom stereocenters. The summed E-state index contributed by atoms with van der Waals surface area (Å²) in [5.41, 5.74) is 4.54. The smallest absolute Gasteiger partial charge is 0.278 e. The predicted octanol–water partition coefficient (Wildman–Crippen LogP) is 4.59. The molecule has 0 bridgehead atoms. The highest BCUT2D eigenvalue weighted by atomic mass is 16.6. The van der Waals surface area contributed by atoms with Crippen LogP contribution in [0.15, 0.2) is 30.3 Å². The van der Waals surface area contributed by atoms with Gasteiger partial charge in [-0.25, -0.2) is 4.98 Å². The molecule has 3 rings (SSSR count). The van der Waals surface area contributed by atoms with Gasteiger partial charge >= 0.3 is 0 Å². The lowest BCUT2D eigenvalue weighted by molar-refractivity contribution is -0.383. The molecule has 0 aliphatic heterocycles. The quantitative estimate of drug-likeness (QED) is 0.458. The summed E-state index contributed by atoms with van der Waals surface area (Å²) in [6.45, 7) is 4.17. The van der Waals surface area contributed by atoms with Gasteiger partial charge in [0, 0.05) is 13.2 Å². The highest BCUT2D eigenvalue weighted by Gasteiger charge is 2.21. The van der Waals surface area contributed by atoms with E-state index in [1.54, 1.807) is 33.5 Å². The number of hydrogen-bond donors (Lipinski definition) is 0. The summed E-state index contributed by atoms with van der Waals surface area (Å²) in [7, 11) is 4.79. The molecule has 0 aliphatic carbocycles. The van der Waals surface area contributed by atoms with Gasteiger partial charge in [-0.1, -0.05) is 6.07 Å². The van der Waals surface area contributed by atoms with Crippen LogP contribution in [0, 0.1) is 24.0 Å². The van der Waals surface area contributed by atoms with Crippen LogP contribution in [0.5, 0.6) is 11.5 Å². The zero-order valence-electron chi connectivity index (χ0n) is 16.5. The van der Waals surface area contributed by atoms with Crippen molar-refractivity contribution in [1.29, 1.82) is 0 Å². The molecule has 1 aromatic heterocycles. The van der Waals surface area contributed by atoms with E-state index in [4.69, 9.17) is 19.2 Å². The molecule has 0 N–H and O–H groups in total. The molecule has 0 saturated carbocycles. The summed E-state index contributed by atoms with van der Waals surface area (Å²) in [6, 6.07) is 8.78. The van der Waals surface area contributed by atoms with E-state index < -0.39 is 0 Å². The topological polar surface area (TPSA) is 83.7 Å². The molecule has 0 unspecified atom stereocenters. The van der Waals surface area contributed by atoms with Crippen LogP contribution in [0.1, 0.15) is 16.7 Å². The Morgan fingerprint density at radius 3 is 2.18 bits per heavy atom. The third-order valence-corrected chi connectivity index (χ3v) is 4.66. The molecule has 7 nitrogen and oxygen atoms in total. The second-order valence-electron chi connectivity index (χ2n) is 6.52. The summed E-state index contributed by atoms with van der Waals surface area (Å²) in [5, 5.41) is 11.9. The minimum Gasteiger partial charge on any atom is -0.496 e. The van der Waals surface area contributed by atoms with Crippen LogP contribution < -0.4 is 9.47 Å². The molecule has 0 amide bonds. The lowest BCUT2D eigenvalue weighted by atomic mass is 9.99. The number of nitro benzene ring substituents is 1. The SMILES string of the molecule is COCc1cc(OC)c(-c2nc3c(C)ccc([N+](=O)[O-])c3cc2C)c(OC)c1. The average molecular weight is 382 g/mol. The van der Waals surface area contributed by atoms with Crippen LogP contribution in [-0.4, -0.2) is 31.2 Å². The molecule has 7 heteroatoms. The molecule has 0 fully saturated rings. The van der Waals surface area contributed by atoms with E-state index in [-0.39, 0.29) is 10.6 Å². The molecule has 1 heterocycles. The molecule has 0 spiro atoms. The molecule has 3 aromatic rings. The second-order valence-corrected chi connectivity index (χ2v) is 6.52. The molecule has 0 aliphatic rings. The van der Waals surface area contributed by atoms with E-state index in [2.05, 4.69) is 0 Å². The van der Waals surface area contributed by atoms with Crippen molar-refractivity contribution in [2.45, 2.75) is 20.5 Å². The van der Waals surface area contributed by atoms with Gasteiger partial charge in [-0.3, -0.25) is 10.1 Å². The molecule has 0 saturated heterocycles. The Morgan fingerprint density at radius 2 is 1.64 bits per heavy atom. The Balaban J connectivity index is 2.34. The van der Waals surface area contributed by atoms with Crippen molar-refractivity contribution < 1.29 is 19.1 Å². The number of ether oxygens (including phenoxy) is 3. The van der Waals surface area contributed by atoms with E-state index >= 15 is 0 Å². The Labute approximate surface area is 163 Å². The summed E-state index contributed by atoms with van der Waals surface area (Å²) in [4.78, 5) is 15.8. The molecule has 146 valence electrons. The number of aromatic nitrogens is 1. The molecular weight excluding hydrogens is 360 g/mol. The normalized spacial score (nSPS) is 10.9. The standard InChI is InChI=1S/C21H22N2O5/c1-12-6-7-16(23(24)25)15-8-13(2)21(22-20(12)15)19-17(27-4)9-14(11-26-3)10-18(19)28-5/h6-10H,11H2,1-5H3. The number of pyridine rings is 1. The first-order valence-electron chi connectivity index (χ1n) is 8.70. The number of rotatable bonds is 6. The van der Waals surface area contributed by atoms with Crippen molar-refractivity contribution in [2.24, 2.45) is 0 Å². The monoisotopic (exact) mass is 382 g/mol. The zero-order valence-corrected chi connectivity index (χ0v) is 16.5. The molecule has 2 aromatic carbocycles. The summed E-state index contributed by atoms with van der Waals surface area (Å²) in [6.07, 6.45) is 0. The van der Waals surface area contributed by atoms with Crippen molar-refractivity contribution >= 4 is 16.6 Å². The van der Waals surface area contributed by atoms with Crippen molar-refractivity contribution in [3.63, 3.8) is 0 Å². The third kappa shape index (κ3) is 3.36. The maximum Gasteiger partial charge on any atom is 0.278 e. The van der Waals surface area contributed by atoms with E-state index in [0.29, 0.717) is 40.3 Å². The fraction of sp³-hybridized carbons (Fsp3) is 0.286. The first kappa shape index (κ1) is 19.6. The van der Waals surface area contributed by atoms with Gasteiger partial charge in [0.15, 0.2) is 0 Å². The minimum absolute atomic E-state index is 0.0390. The van der Waals surface area contributed by atoms with Crippen molar-refractivity contribution in [1.82, 2.24) is 4.98 Å². The number of fused-ring (bicyclic) bond motifs is 1. The van der Waals surface area contributed by atoms with E-state index in [9.17, 15) is 10.1 Å². The van der Waals surface area contributed by atoms with Crippen LogP contribution >= 0.6 is 0 Å². The Morgan fingerprint density at radius 1 is 1.00 bits per heavy atom. The number of methoxy groups -OCH3 is 3. The van der Waals surface area contributed by atoms with Crippen molar-refractivity contribution in [3.8, 4) is 22.8 Å². The fourth-order valence-electron chi connectivity index (χ4n) is 3.34. The van der Waals surface area contributed by atoms with Gasteiger partial charge in [-0.15, -0.1) is 0 Å². The van der Waals surface area contributed by atoms with Gasteiger partial charge in [-0.2, -0.15) is 0 Å². The lowest BCUT2D eigenvalue weighted by Gasteiger charge is -2.17. The number of aryl methyl sites for hydroxylation is 2. The van der Waals surface area contributed by atoms with Gasteiger partial charge in [0.2, 0.25) is 0 Å². The minimum atomic E-state index is -0.386. The van der Waals surface area contributed by atoms with Gasteiger partial charge in [0.05, 0.1) is 47.9 Å². The molecule has 28 heavy (non-hydrogen) atoms. The van der Waals surface area contributed by atoms with Gasteiger partial charge in [0.25, 0.3) is 5.69 Å². The van der Waals surface area contributed by atoms with Crippen LogP contribution in [-0.2, 0) is 11.3 Å². The maximum absolute atomic E-state index is 11.4. The Bertz CT molecular complexity index is 1040. The van der Waals surface area contributed by atoms with E-state index in [0.717, 1.165) is 16.7 Å². The summed E-state index contributed by atoms with van der Waals surface area (Å²) >= 11 is 0. The third-order valence-electron chi connectivity index (χ3n) is 4.66. The highest BCUT2D eigenvalue weighted by Crippen LogP contribution is 2.42. The van der Waals surface area contributed by atoms with Crippen molar-refractivity contribution in [2.75, 3.05) is 21.3 Å². The fourth-order valence-corrected chi connectivity index (χ4v) is 3.34. The molecule has 0 radical (unpaired) electrons. The van der Waals surface area contributed by atoms with Crippen molar-refractivity contribution in [3.05, 3.63) is 57.1 Å². The second kappa shape index (κ2) is 7.82.